The Morgan fingerprint density at radius 1 is 1.00 bits per heavy atom. The highest BCUT2D eigenvalue weighted by Gasteiger charge is 2.29. The van der Waals surface area contributed by atoms with E-state index in [1.807, 2.05) is 12.1 Å². The van der Waals surface area contributed by atoms with Crippen molar-refractivity contribution < 1.29 is 22.4 Å². The van der Waals surface area contributed by atoms with E-state index in [2.05, 4.69) is 0 Å². The summed E-state index contributed by atoms with van der Waals surface area (Å²) in [6.07, 6.45) is -1.64. The quantitative estimate of drug-likeness (QED) is 0.482. The minimum Gasteiger partial charge on any atom is -0.453 e. The fourth-order valence-electron chi connectivity index (χ4n) is 2.14. The lowest BCUT2D eigenvalue weighted by molar-refractivity contribution is -0.137. The zero-order valence-corrected chi connectivity index (χ0v) is 11.8. The van der Waals surface area contributed by atoms with Gasteiger partial charge in [-0.2, -0.15) is 13.2 Å². The van der Waals surface area contributed by atoms with Gasteiger partial charge >= 0.3 is 6.18 Å². The van der Waals surface area contributed by atoms with Gasteiger partial charge in [0.25, 0.3) is 0 Å². The van der Waals surface area contributed by atoms with Crippen LogP contribution >= 0.6 is 0 Å². The third-order valence-corrected chi connectivity index (χ3v) is 3.33. The molecule has 3 aromatic rings. The first kappa shape index (κ1) is 15.1. The molecule has 0 atom stereocenters. The zero-order chi connectivity index (χ0) is 16.4. The smallest absolute Gasteiger partial charge is 0.416 e. The van der Waals surface area contributed by atoms with Crippen molar-refractivity contribution in [1.29, 1.82) is 0 Å². The van der Waals surface area contributed by atoms with Crippen molar-refractivity contribution in [1.82, 2.24) is 0 Å². The van der Waals surface area contributed by atoms with Crippen LogP contribution in [0.2, 0.25) is 0 Å². The van der Waals surface area contributed by atoms with Crippen molar-refractivity contribution in [2.75, 3.05) is 0 Å². The second-order valence-corrected chi connectivity index (χ2v) is 4.97. The molecule has 2 aromatic carbocycles. The second-order valence-electron chi connectivity index (χ2n) is 4.97. The fourth-order valence-corrected chi connectivity index (χ4v) is 2.14. The summed E-state index contributed by atoms with van der Waals surface area (Å²) >= 11 is 0. The van der Waals surface area contributed by atoms with E-state index in [0.717, 1.165) is 17.5 Å². The van der Waals surface area contributed by atoms with Crippen molar-refractivity contribution in [3.05, 3.63) is 77.6 Å². The molecule has 0 aliphatic rings. The van der Waals surface area contributed by atoms with Crippen LogP contribution in [0.15, 0.2) is 65.1 Å². The van der Waals surface area contributed by atoms with Crippen LogP contribution in [-0.2, 0) is 6.18 Å². The molecule has 0 bridgehead atoms. The van der Waals surface area contributed by atoms with Gasteiger partial charge in [-0.3, -0.25) is 4.79 Å². The van der Waals surface area contributed by atoms with Crippen LogP contribution in [0.5, 0.6) is 0 Å². The normalized spacial score (nSPS) is 12.1. The Labute approximate surface area is 129 Å². The Bertz CT molecular complexity index is 838. The lowest BCUT2D eigenvalue weighted by atomic mass is 10.1. The number of halogens is 3. The Hall–Kier alpha value is -2.82. The molecule has 0 fully saturated rings. The van der Waals surface area contributed by atoms with Crippen molar-refractivity contribution in [3.8, 4) is 0 Å². The van der Waals surface area contributed by atoms with Crippen molar-refractivity contribution in [2.45, 2.75) is 6.18 Å². The first-order chi connectivity index (χ1) is 10.9. The summed E-state index contributed by atoms with van der Waals surface area (Å²) in [5.41, 5.74) is 0.388. The molecular weight excluding hydrogens is 305 g/mol. The van der Waals surface area contributed by atoms with Crippen LogP contribution in [0.4, 0.5) is 13.2 Å². The Kier molecular flexibility index (Phi) is 3.78. The van der Waals surface area contributed by atoms with Gasteiger partial charge in [-0.1, -0.05) is 36.4 Å². The van der Waals surface area contributed by atoms with Gasteiger partial charge in [0.15, 0.2) is 5.76 Å². The van der Waals surface area contributed by atoms with E-state index >= 15 is 0 Å². The van der Waals surface area contributed by atoms with Crippen LogP contribution < -0.4 is 0 Å². The molecule has 0 aliphatic heterocycles. The maximum absolute atomic E-state index is 12.5. The molecule has 0 saturated carbocycles. The lowest BCUT2D eigenvalue weighted by Crippen LogP contribution is -2.03. The maximum atomic E-state index is 12.5. The summed E-state index contributed by atoms with van der Waals surface area (Å²) in [7, 11) is 0. The maximum Gasteiger partial charge on any atom is 0.416 e. The van der Waals surface area contributed by atoms with Crippen LogP contribution in [0.1, 0.15) is 21.7 Å². The molecule has 0 spiro atoms. The van der Waals surface area contributed by atoms with E-state index in [1.54, 1.807) is 18.2 Å². The van der Waals surface area contributed by atoms with Crippen LogP contribution in [0.3, 0.4) is 0 Å². The number of furan rings is 1. The molecule has 0 N–H and O–H groups in total. The number of benzene rings is 2. The van der Waals surface area contributed by atoms with E-state index in [4.69, 9.17) is 4.42 Å². The molecule has 5 heteroatoms. The number of para-hydroxylation sites is 1. The van der Waals surface area contributed by atoms with Gasteiger partial charge in [0.05, 0.1) is 5.56 Å². The Morgan fingerprint density at radius 3 is 2.35 bits per heavy atom. The number of hydrogen-bond acceptors (Lipinski definition) is 2. The summed E-state index contributed by atoms with van der Waals surface area (Å²) in [5.74, 6) is -0.157. The summed E-state index contributed by atoms with van der Waals surface area (Å²) in [6.45, 7) is 0. The standard InChI is InChI=1S/C18H11F3O2/c19-18(20,21)14-8-5-12(6-9-14)7-10-15(22)17-11-13-3-1-2-4-16(13)23-17/h1-11H. The van der Waals surface area contributed by atoms with Crippen molar-refractivity contribution in [3.63, 3.8) is 0 Å². The van der Waals surface area contributed by atoms with Crippen molar-refractivity contribution in [2.24, 2.45) is 0 Å². The predicted octanol–water partition coefficient (Wildman–Crippen LogP) is 5.35. The number of allylic oxidation sites excluding steroid dienone is 1. The topological polar surface area (TPSA) is 30.2 Å². The van der Waals surface area contributed by atoms with E-state index in [0.29, 0.717) is 11.1 Å². The van der Waals surface area contributed by atoms with Gasteiger partial charge < -0.3 is 4.42 Å². The number of hydrogen-bond donors (Lipinski definition) is 0. The molecule has 0 aliphatic carbocycles. The van der Waals surface area contributed by atoms with E-state index < -0.39 is 11.7 Å². The third-order valence-electron chi connectivity index (χ3n) is 3.33. The SMILES string of the molecule is O=C(C=Cc1ccc(C(F)(F)F)cc1)c1cc2ccccc2o1. The number of carbonyl (C=O) groups excluding carboxylic acids is 1. The molecule has 2 nitrogen and oxygen atoms in total. The molecule has 0 unspecified atom stereocenters. The zero-order valence-electron chi connectivity index (χ0n) is 11.8. The number of carbonyl (C=O) groups is 1. The largest absolute Gasteiger partial charge is 0.453 e. The minimum absolute atomic E-state index is 0.189. The highest BCUT2D eigenvalue weighted by molar-refractivity contribution is 6.06. The summed E-state index contributed by atoms with van der Waals surface area (Å²) < 4.78 is 42.8. The monoisotopic (exact) mass is 316 g/mol. The van der Waals surface area contributed by atoms with Crippen LogP contribution in [0.25, 0.3) is 17.0 Å². The van der Waals surface area contributed by atoms with Gasteiger partial charge in [-0.15, -0.1) is 0 Å². The Balaban J connectivity index is 1.78. The molecule has 23 heavy (non-hydrogen) atoms. The number of fused-ring (bicyclic) bond motifs is 1. The van der Waals surface area contributed by atoms with Gasteiger partial charge in [0, 0.05) is 5.39 Å². The molecule has 0 saturated heterocycles. The first-order valence-electron chi connectivity index (χ1n) is 6.82. The summed E-state index contributed by atoms with van der Waals surface area (Å²) in [4.78, 5) is 12.1. The highest BCUT2D eigenvalue weighted by Crippen LogP contribution is 2.29. The van der Waals surface area contributed by atoms with E-state index in [-0.39, 0.29) is 11.5 Å². The van der Waals surface area contributed by atoms with Crippen LogP contribution in [0, 0.1) is 0 Å². The average Bonchev–Trinajstić information content (AvgIpc) is 2.96. The predicted molar refractivity (Wildman–Crippen MR) is 81.0 cm³/mol. The number of rotatable bonds is 3. The molecular formula is C18H11F3O2. The van der Waals surface area contributed by atoms with Gasteiger partial charge in [-0.05, 0) is 35.9 Å². The number of ketones is 1. The second kappa shape index (κ2) is 5.76. The minimum atomic E-state index is -4.37. The van der Waals surface area contributed by atoms with Gasteiger partial charge in [-0.25, -0.2) is 0 Å². The molecule has 0 radical (unpaired) electrons. The van der Waals surface area contributed by atoms with Crippen LogP contribution in [-0.4, -0.2) is 5.78 Å². The summed E-state index contributed by atoms with van der Waals surface area (Å²) in [6, 6.07) is 13.4. The molecule has 116 valence electrons. The van der Waals surface area contributed by atoms with Gasteiger partial charge in [0.1, 0.15) is 5.58 Å². The average molecular weight is 316 g/mol. The van der Waals surface area contributed by atoms with E-state index in [1.165, 1.54) is 24.3 Å². The lowest BCUT2D eigenvalue weighted by Gasteiger charge is -2.05. The third kappa shape index (κ3) is 3.34. The Morgan fingerprint density at radius 2 is 1.70 bits per heavy atom. The molecule has 1 aromatic heterocycles. The van der Waals surface area contributed by atoms with Gasteiger partial charge in [0.2, 0.25) is 5.78 Å². The van der Waals surface area contributed by atoms with Crippen molar-refractivity contribution >= 4 is 22.8 Å². The first-order valence-corrected chi connectivity index (χ1v) is 6.82. The highest BCUT2D eigenvalue weighted by atomic mass is 19.4. The van der Waals surface area contributed by atoms with E-state index in [9.17, 15) is 18.0 Å². The summed E-state index contributed by atoms with van der Waals surface area (Å²) in [5, 5.41) is 0.818. The fraction of sp³-hybridized carbons (Fsp3) is 0.0556. The molecule has 1 heterocycles. The number of alkyl halides is 3. The molecule has 0 amide bonds. The molecule has 3 rings (SSSR count).